The second kappa shape index (κ2) is 12.6. The summed E-state index contributed by atoms with van der Waals surface area (Å²) in [6, 6.07) is 15.3. The molecule has 0 aromatic heterocycles. The molecule has 0 heterocycles. The number of nitrogens with zero attached hydrogens (tertiary/aromatic N) is 2. The van der Waals surface area contributed by atoms with Crippen molar-refractivity contribution in [3.63, 3.8) is 0 Å². The largest absolute Gasteiger partial charge is 0.495 e. The van der Waals surface area contributed by atoms with Gasteiger partial charge in [0, 0.05) is 11.8 Å². The Morgan fingerprint density at radius 1 is 1.15 bits per heavy atom. The molecule has 0 bridgehead atoms. The zero-order valence-electron chi connectivity index (χ0n) is 18.8. The molecule has 2 aromatic rings. The van der Waals surface area contributed by atoms with Crippen LogP contribution in [0.25, 0.3) is 0 Å². The van der Waals surface area contributed by atoms with E-state index in [4.69, 9.17) is 24.7 Å². The van der Waals surface area contributed by atoms with Crippen molar-refractivity contribution in [1.29, 1.82) is 10.5 Å². The number of carbonyl (C=O) groups excluding carboxylic acids is 2. The number of nitrogens with one attached hydrogen (secondary N) is 2. The van der Waals surface area contributed by atoms with Gasteiger partial charge in [-0.15, -0.1) is 0 Å². The van der Waals surface area contributed by atoms with E-state index in [-0.39, 0.29) is 25.0 Å². The van der Waals surface area contributed by atoms with E-state index in [1.54, 1.807) is 43.3 Å². The molecule has 9 heteroatoms. The zero-order valence-corrected chi connectivity index (χ0v) is 18.8. The van der Waals surface area contributed by atoms with Crippen LogP contribution in [-0.2, 0) is 9.53 Å². The van der Waals surface area contributed by atoms with Crippen molar-refractivity contribution in [3.8, 4) is 23.6 Å². The van der Waals surface area contributed by atoms with Crippen molar-refractivity contribution < 1.29 is 23.8 Å². The number of anilines is 1. The maximum absolute atomic E-state index is 12.3. The molecule has 0 aliphatic carbocycles. The predicted molar refractivity (Wildman–Crippen MR) is 121 cm³/mol. The summed E-state index contributed by atoms with van der Waals surface area (Å²) in [5, 5.41) is 23.3. The first-order valence-electron chi connectivity index (χ1n) is 10.3. The van der Waals surface area contributed by atoms with Gasteiger partial charge in [-0.1, -0.05) is 19.1 Å². The minimum Gasteiger partial charge on any atom is -0.495 e. The Bertz CT molecular complexity index is 1060. The topological polar surface area (TPSA) is 133 Å². The lowest BCUT2D eigenvalue weighted by Crippen LogP contribution is -2.31. The van der Waals surface area contributed by atoms with Gasteiger partial charge in [0.25, 0.3) is 5.91 Å². The molecule has 0 fully saturated rings. The summed E-state index contributed by atoms with van der Waals surface area (Å²) in [5.41, 5.74) is 1.67. The fraction of sp³-hybridized carbons (Fsp3) is 0.333. The van der Waals surface area contributed by atoms with Gasteiger partial charge in [0.05, 0.1) is 31.2 Å². The quantitative estimate of drug-likeness (QED) is 0.557. The van der Waals surface area contributed by atoms with Crippen LogP contribution in [0.1, 0.15) is 43.9 Å². The Morgan fingerprint density at radius 2 is 1.94 bits per heavy atom. The molecule has 1 unspecified atom stereocenters. The van der Waals surface area contributed by atoms with Gasteiger partial charge >= 0.3 is 6.09 Å². The standard InChI is InChI=1S/C24H26N4O5/c1-4-20(10-11-25)33-24(30)27-16(2)17-6-5-7-19(12-17)28-23(29)15-32-21-9-8-18(14-26)22(13-21)31-3/h5-9,12-13,16,20H,4,10,15H2,1-3H3,(H,27,30)(H,28,29)/t16-,20?/m0/s1. The van der Waals surface area contributed by atoms with Crippen molar-refractivity contribution in [2.45, 2.75) is 38.8 Å². The van der Waals surface area contributed by atoms with Crippen LogP contribution in [-0.4, -0.2) is 31.8 Å². The van der Waals surface area contributed by atoms with E-state index in [0.717, 1.165) is 5.56 Å². The third kappa shape index (κ3) is 7.75. The smallest absolute Gasteiger partial charge is 0.407 e. The molecule has 2 atom stereocenters. The van der Waals surface area contributed by atoms with Crippen LogP contribution in [0.15, 0.2) is 42.5 Å². The first-order chi connectivity index (χ1) is 15.9. The number of ether oxygens (including phenoxy) is 3. The van der Waals surface area contributed by atoms with E-state index in [2.05, 4.69) is 10.6 Å². The highest BCUT2D eigenvalue weighted by Crippen LogP contribution is 2.24. The van der Waals surface area contributed by atoms with E-state index < -0.39 is 12.2 Å². The van der Waals surface area contributed by atoms with Crippen molar-refractivity contribution in [1.82, 2.24) is 5.32 Å². The molecular weight excluding hydrogens is 424 g/mol. The van der Waals surface area contributed by atoms with E-state index in [9.17, 15) is 9.59 Å². The highest BCUT2D eigenvalue weighted by Gasteiger charge is 2.16. The minimum absolute atomic E-state index is 0.136. The molecule has 0 spiro atoms. The SMILES string of the molecule is CCC(CC#N)OC(=O)N[C@@H](C)c1cccc(NC(=O)COc2ccc(C#N)c(OC)c2)c1. The lowest BCUT2D eigenvalue weighted by Gasteiger charge is -2.18. The normalized spacial score (nSPS) is 11.8. The molecule has 0 aliphatic heterocycles. The molecule has 0 saturated heterocycles. The summed E-state index contributed by atoms with van der Waals surface area (Å²) in [6.45, 7) is 3.39. The van der Waals surface area contributed by atoms with Crippen LogP contribution in [0.4, 0.5) is 10.5 Å². The van der Waals surface area contributed by atoms with Crippen LogP contribution in [0.3, 0.4) is 0 Å². The predicted octanol–water partition coefficient (Wildman–Crippen LogP) is 4.06. The summed E-state index contributed by atoms with van der Waals surface area (Å²) in [6.07, 6.45) is -0.375. The number of nitriles is 2. The molecule has 2 amide bonds. The van der Waals surface area contributed by atoms with Crippen molar-refractivity contribution in [3.05, 3.63) is 53.6 Å². The minimum atomic E-state index is -0.606. The molecular formula is C24H26N4O5. The summed E-state index contributed by atoms with van der Waals surface area (Å²) in [7, 11) is 1.45. The lowest BCUT2D eigenvalue weighted by atomic mass is 10.1. The van der Waals surface area contributed by atoms with Crippen molar-refractivity contribution in [2.24, 2.45) is 0 Å². The number of hydrogen-bond donors (Lipinski definition) is 2. The Labute approximate surface area is 192 Å². The Morgan fingerprint density at radius 3 is 2.61 bits per heavy atom. The first kappa shape index (κ1) is 25.0. The third-order valence-electron chi connectivity index (χ3n) is 4.72. The number of rotatable bonds is 10. The van der Waals surface area contributed by atoms with Gasteiger partial charge in [-0.2, -0.15) is 10.5 Å². The number of amides is 2. The molecule has 2 N–H and O–H groups in total. The Balaban J connectivity index is 1.92. The van der Waals surface area contributed by atoms with E-state index in [1.807, 2.05) is 25.1 Å². The molecule has 0 radical (unpaired) electrons. The van der Waals surface area contributed by atoms with Gasteiger partial charge in [-0.05, 0) is 43.2 Å². The molecule has 172 valence electrons. The summed E-state index contributed by atoms with van der Waals surface area (Å²) < 4.78 is 15.9. The van der Waals surface area contributed by atoms with Gasteiger partial charge in [0.15, 0.2) is 6.61 Å². The summed E-state index contributed by atoms with van der Waals surface area (Å²) in [5.74, 6) is 0.381. The molecule has 2 rings (SSSR count). The fourth-order valence-electron chi connectivity index (χ4n) is 2.90. The van der Waals surface area contributed by atoms with Crippen LogP contribution < -0.4 is 20.1 Å². The monoisotopic (exact) mass is 450 g/mol. The van der Waals surface area contributed by atoms with E-state index >= 15 is 0 Å². The third-order valence-corrected chi connectivity index (χ3v) is 4.72. The number of methoxy groups -OCH3 is 1. The van der Waals surface area contributed by atoms with Crippen molar-refractivity contribution >= 4 is 17.7 Å². The Kier molecular flexibility index (Phi) is 9.54. The Hall–Kier alpha value is -4.24. The van der Waals surface area contributed by atoms with Crippen LogP contribution in [0, 0.1) is 22.7 Å². The first-order valence-corrected chi connectivity index (χ1v) is 10.3. The van der Waals surface area contributed by atoms with Gasteiger partial charge in [0.1, 0.15) is 23.7 Å². The fourth-order valence-corrected chi connectivity index (χ4v) is 2.90. The van der Waals surface area contributed by atoms with Gasteiger partial charge < -0.3 is 24.8 Å². The van der Waals surface area contributed by atoms with Crippen LogP contribution in [0.2, 0.25) is 0 Å². The van der Waals surface area contributed by atoms with E-state index in [0.29, 0.717) is 29.2 Å². The van der Waals surface area contributed by atoms with Gasteiger partial charge in [0.2, 0.25) is 0 Å². The molecule has 2 aromatic carbocycles. The highest BCUT2D eigenvalue weighted by atomic mass is 16.6. The molecule has 0 saturated carbocycles. The van der Waals surface area contributed by atoms with Crippen molar-refractivity contribution in [2.75, 3.05) is 19.0 Å². The zero-order chi connectivity index (χ0) is 24.2. The second-order valence-corrected chi connectivity index (χ2v) is 7.10. The maximum atomic E-state index is 12.3. The summed E-state index contributed by atoms with van der Waals surface area (Å²) in [4.78, 5) is 24.4. The molecule has 0 aliphatic rings. The van der Waals surface area contributed by atoms with Crippen LogP contribution in [0.5, 0.6) is 11.5 Å². The van der Waals surface area contributed by atoms with Gasteiger partial charge in [-0.25, -0.2) is 4.79 Å². The average Bonchev–Trinajstić information content (AvgIpc) is 2.82. The number of carbonyl (C=O) groups is 2. The number of hydrogen-bond acceptors (Lipinski definition) is 7. The molecule has 9 nitrogen and oxygen atoms in total. The second-order valence-electron chi connectivity index (χ2n) is 7.10. The van der Waals surface area contributed by atoms with Gasteiger partial charge in [-0.3, -0.25) is 4.79 Å². The lowest BCUT2D eigenvalue weighted by molar-refractivity contribution is -0.118. The maximum Gasteiger partial charge on any atom is 0.407 e. The highest BCUT2D eigenvalue weighted by molar-refractivity contribution is 5.92. The molecule has 33 heavy (non-hydrogen) atoms. The number of benzene rings is 2. The van der Waals surface area contributed by atoms with E-state index in [1.165, 1.54) is 7.11 Å². The summed E-state index contributed by atoms with van der Waals surface area (Å²) >= 11 is 0. The average molecular weight is 450 g/mol. The number of alkyl carbamates (subject to hydrolysis) is 1. The van der Waals surface area contributed by atoms with Crippen LogP contribution >= 0.6 is 0 Å².